The number of hydrogen-bond acceptors (Lipinski definition) is 4. The molecule has 0 aromatic rings. The Hall–Kier alpha value is -0.130. The first-order chi connectivity index (χ1) is 6.99. The third-order valence-electron chi connectivity index (χ3n) is 3.98. The van der Waals surface area contributed by atoms with Crippen molar-refractivity contribution in [2.24, 2.45) is 5.73 Å². The molecule has 0 aromatic heterocycles. The van der Waals surface area contributed by atoms with Crippen LogP contribution in [0.25, 0.3) is 0 Å². The summed E-state index contributed by atoms with van der Waals surface area (Å²) < 4.78 is 22.8. The maximum Gasteiger partial charge on any atom is 0.150 e. The van der Waals surface area contributed by atoms with Gasteiger partial charge >= 0.3 is 0 Å². The van der Waals surface area contributed by atoms with Gasteiger partial charge in [0.05, 0.1) is 11.5 Å². The molecule has 0 amide bonds. The van der Waals surface area contributed by atoms with E-state index in [9.17, 15) is 8.42 Å². The smallest absolute Gasteiger partial charge is 0.150 e. The quantitative estimate of drug-likeness (QED) is 0.743. The number of nitrogens with zero attached hydrogens (tertiary/aromatic N) is 1. The molecule has 1 aliphatic heterocycles. The lowest BCUT2D eigenvalue weighted by Crippen LogP contribution is -2.57. The van der Waals surface area contributed by atoms with Gasteiger partial charge in [0, 0.05) is 18.1 Å². The van der Waals surface area contributed by atoms with Crippen molar-refractivity contribution < 1.29 is 8.42 Å². The molecule has 2 aliphatic rings. The molecular weight excluding hydrogens is 212 g/mol. The van der Waals surface area contributed by atoms with Crippen LogP contribution in [-0.2, 0) is 9.84 Å². The van der Waals surface area contributed by atoms with Crippen molar-refractivity contribution in [2.75, 3.05) is 25.1 Å². The van der Waals surface area contributed by atoms with E-state index in [-0.39, 0.29) is 5.54 Å². The predicted molar refractivity (Wildman–Crippen MR) is 60.5 cm³/mol. The SMILES string of the molecule is CN(C1CC1)C1(CN)CCS(=O)(=O)CC1. The number of nitrogens with two attached hydrogens (primary N) is 1. The van der Waals surface area contributed by atoms with Crippen molar-refractivity contribution in [3.63, 3.8) is 0 Å². The fourth-order valence-corrected chi connectivity index (χ4v) is 4.05. The third kappa shape index (κ3) is 2.19. The lowest BCUT2D eigenvalue weighted by atomic mass is 9.90. The summed E-state index contributed by atoms with van der Waals surface area (Å²) in [6.07, 6.45) is 3.90. The Morgan fingerprint density at radius 1 is 1.33 bits per heavy atom. The number of hydrogen-bond donors (Lipinski definition) is 1. The van der Waals surface area contributed by atoms with Crippen LogP contribution in [0.2, 0.25) is 0 Å². The molecule has 15 heavy (non-hydrogen) atoms. The maximum absolute atomic E-state index is 11.4. The molecule has 1 saturated heterocycles. The molecule has 1 heterocycles. The average molecular weight is 232 g/mol. The second-order valence-corrected chi connectivity index (χ2v) is 7.23. The van der Waals surface area contributed by atoms with Crippen LogP contribution in [0.1, 0.15) is 25.7 Å². The molecule has 2 rings (SSSR count). The van der Waals surface area contributed by atoms with Crippen LogP contribution in [0, 0.1) is 0 Å². The summed E-state index contributed by atoms with van der Waals surface area (Å²) in [4.78, 5) is 2.34. The van der Waals surface area contributed by atoms with E-state index in [1.807, 2.05) is 0 Å². The highest BCUT2D eigenvalue weighted by molar-refractivity contribution is 7.91. The van der Waals surface area contributed by atoms with Crippen LogP contribution in [0.3, 0.4) is 0 Å². The Kier molecular flexibility index (Phi) is 2.81. The highest BCUT2D eigenvalue weighted by Crippen LogP contribution is 2.36. The summed E-state index contributed by atoms with van der Waals surface area (Å²) >= 11 is 0. The van der Waals surface area contributed by atoms with Gasteiger partial charge in [-0.15, -0.1) is 0 Å². The molecule has 0 atom stereocenters. The first-order valence-electron chi connectivity index (χ1n) is 5.63. The van der Waals surface area contributed by atoms with E-state index in [4.69, 9.17) is 5.73 Å². The van der Waals surface area contributed by atoms with Crippen LogP contribution in [0.15, 0.2) is 0 Å². The van der Waals surface area contributed by atoms with Gasteiger partial charge in [0.2, 0.25) is 0 Å². The molecule has 88 valence electrons. The van der Waals surface area contributed by atoms with Gasteiger partial charge in [-0.05, 0) is 32.7 Å². The van der Waals surface area contributed by atoms with E-state index >= 15 is 0 Å². The minimum absolute atomic E-state index is 0.0491. The normalized spacial score (nSPS) is 29.3. The molecule has 0 spiro atoms. The summed E-state index contributed by atoms with van der Waals surface area (Å²) in [7, 11) is -0.685. The zero-order valence-electron chi connectivity index (χ0n) is 9.28. The molecular formula is C10H20N2O2S. The molecule has 2 N–H and O–H groups in total. The monoisotopic (exact) mass is 232 g/mol. The van der Waals surface area contributed by atoms with Crippen LogP contribution < -0.4 is 5.73 Å². The van der Waals surface area contributed by atoms with Gasteiger partial charge in [0.15, 0.2) is 0 Å². The van der Waals surface area contributed by atoms with Crippen molar-refractivity contribution >= 4 is 9.84 Å². The lowest BCUT2D eigenvalue weighted by molar-refractivity contribution is 0.105. The largest absolute Gasteiger partial charge is 0.329 e. The molecule has 0 aromatic carbocycles. The minimum atomic E-state index is -2.78. The fourth-order valence-electron chi connectivity index (χ4n) is 2.47. The van der Waals surface area contributed by atoms with Crippen LogP contribution >= 0.6 is 0 Å². The van der Waals surface area contributed by atoms with E-state index < -0.39 is 9.84 Å². The molecule has 1 saturated carbocycles. The van der Waals surface area contributed by atoms with Crippen molar-refractivity contribution in [2.45, 2.75) is 37.3 Å². The fraction of sp³-hybridized carbons (Fsp3) is 1.00. The van der Waals surface area contributed by atoms with Crippen molar-refractivity contribution in [3.8, 4) is 0 Å². The summed E-state index contributed by atoms with van der Waals surface area (Å²) in [6.45, 7) is 0.579. The van der Waals surface area contributed by atoms with Crippen molar-refractivity contribution in [3.05, 3.63) is 0 Å². The van der Waals surface area contributed by atoms with E-state index in [0.717, 1.165) is 0 Å². The van der Waals surface area contributed by atoms with E-state index in [1.165, 1.54) is 12.8 Å². The van der Waals surface area contributed by atoms with Crippen LogP contribution in [0.5, 0.6) is 0 Å². The highest BCUT2D eigenvalue weighted by atomic mass is 32.2. The zero-order valence-corrected chi connectivity index (χ0v) is 10.1. The molecule has 2 fully saturated rings. The first kappa shape index (κ1) is 11.4. The molecule has 0 radical (unpaired) electrons. The summed E-state index contributed by atoms with van der Waals surface area (Å²) in [6, 6.07) is 0.648. The highest BCUT2D eigenvalue weighted by Gasteiger charge is 2.44. The predicted octanol–water partition coefficient (Wildman–Crippen LogP) is -0.0133. The number of sulfone groups is 1. The Balaban J connectivity index is 2.09. The Labute approximate surface area is 91.7 Å². The first-order valence-corrected chi connectivity index (χ1v) is 7.45. The molecule has 5 heteroatoms. The standard InChI is InChI=1S/C10H20N2O2S/c1-12(9-2-3-9)10(8-11)4-6-15(13,14)7-5-10/h9H,2-8,11H2,1H3. The van der Waals surface area contributed by atoms with Gasteiger partial charge in [0.1, 0.15) is 9.84 Å². The minimum Gasteiger partial charge on any atom is -0.329 e. The van der Waals surface area contributed by atoms with Crippen molar-refractivity contribution in [1.29, 1.82) is 0 Å². The second kappa shape index (κ2) is 3.71. The van der Waals surface area contributed by atoms with Gasteiger partial charge < -0.3 is 5.73 Å². The third-order valence-corrected chi connectivity index (χ3v) is 5.63. The Bertz CT molecular complexity index is 321. The summed E-state index contributed by atoms with van der Waals surface area (Å²) in [5.41, 5.74) is 5.81. The van der Waals surface area contributed by atoms with E-state index in [1.54, 1.807) is 0 Å². The Morgan fingerprint density at radius 2 is 1.87 bits per heavy atom. The Morgan fingerprint density at radius 3 is 2.27 bits per heavy atom. The maximum atomic E-state index is 11.4. The average Bonchev–Trinajstić information content (AvgIpc) is 3.01. The molecule has 4 nitrogen and oxygen atoms in total. The van der Waals surface area contributed by atoms with E-state index in [2.05, 4.69) is 11.9 Å². The molecule has 1 aliphatic carbocycles. The number of rotatable bonds is 3. The van der Waals surface area contributed by atoms with Gasteiger partial charge in [-0.1, -0.05) is 0 Å². The lowest BCUT2D eigenvalue weighted by Gasteiger charge is -2.44. The molecule has 0 unspecified atom stereocenters. The van der Waals surface area contributed by atoms with Crippen LogP contribution in [-0.4, -0.2) is 50.0 Å². The van der Waals surface area contributed by atoms with Gasteiger partial charge in [-0.3, -0.25) is 4.90 Å². The second-order valence-electron chi connectivity index (χ2n) is 4.92. The summed E-state index contributed by atoms with van der Waals surface area (Å²) in [5, 5.41) is 0. The van der Waals surface area contributed by atoms with Crippen LogP contribution in [0.4, 0.5) is 0 Å². The zero-order chi connectivity index (χ0) is 11.1. The summed E-state index contributed by atoms with van der Waals surface area (Å²) in [5.74, 6) is 0.614. The van der Waals surface area contributed by atoms with Gasteiger partial charge in [0.25, 0.3) is 0 Å². The topological polar surface area (TPSA) is 63.4 Å². The van der Waals surface area contributed by atoms with Gasteiger partial charge in [-0.25, -0.2) is 8.42 Å². The number of likely N-dealkylation sites (N-methyl/N-ethyl adjacent to an activating group) is 1. The molecule has 0 bridgehead atoms. The van der Waals surface area contributed by atoms with Gasteiger partial charge in [-0.2, -0.15) is 0 Å². The van der Waals surface area contributed by atoms with Crippen molar-refractivity contribution in [1.82, 2.24) is 4.90 Å². The van der Waals surface area contributed by atoms with E-state index in [0.29, 0.717) is 36.9 Å².